The maximum atomic E-state index is 6.41. The molecular formula is C51H31N5O. The molecule has 0 aliphatic rings. The van der Waals surface area contributed by atoms with Crippen LogP contribution in [-0.4, -0.2) is 24.1 Å². The van der Waals surface area contributed by atoms with Crippen LogP contribution in [0.25, 0.3) is 111 Å². The van der Waals surface area contributed by atoms with Crippen LogP contribution in [0.1, 0.15) is 0 Å². The monoisotopic (exact) mass is 729 g/mol. The average molecular weight is 730 g/mol. The van der Waals surface area contributed by atoms with Gasteiger partial charge in [-0.05, 0) is 131 Å². The Morgan fingerprint density at radius 3 is 1.51 bits per heavy atom. The number of fused-ring (bicyclic) bond motifs is 9. The third kappa shape index (κ3) is 4.94. The van der Waals surface area contributed by atoms with Crippen LogP contribution in [-0.2, 0) is 0 Å². The molecule has 0 amide bonds. The van der Waals surface area contributed by atoms with Crippen LogP contribution in [0.2, 0.25) is 0 Å². The van der Waals surface area contributed by atoms with E-state index in [2.05, 4.69) is 183 Å². The maximum absolute atomic E-state index is 6.41. The van der Waals surface area contributed by atoms with Crippen LogP contribution < -0.4 is 0 Å². The zero-order chi connectivity index (χ0) is 37.5. The smallest absolute Gasteiger partial charge is 0.138 e. The van der Waals surface area contributed by atoms with Crippen molar-refractivity contribution in [3.8, 4) is 45.0 Å². The van der Waals surface area contributed by atoms with Gasteiger partial charge >= 0.3 is 0 Å². The Bertz CT molecular complexity index is 3370. The molecule has 0 N–H and O–H groups in total. The quantitative estimate of drug-likeness (QED) is 0.177. The standard InChI is InChI=1S/C51H31N5O/c1-3-9-45-38(6-1)39-7-2-4-10-46(39)55(45)37-15-19-50-43(31-37)42-30-36(14-18-49(42)57-50)44-8-5-11-51(54-44)56-47-16-12-34(32-20-24-52-25-21-32)28-40(47)41-29-35(13-17-48(41)56)33-22-26-53-27-23-33/h1-31H. The largest absolute Gasteiger partial charge is 0.456 e. The summed E-state index contributed by atoms with van der Waals surface area (Å²) in [6.07, 6.45) is 7.37. The highest BCUT2D eigenvalue weighted by atomic mass is 16.3. The van der Waals surface area contributed by atoms with Crippen molar-refractivity contribution in [2.45, 2.75) is 0 Å². The molecule has 0 unspecified atom stereocenters. The van der Waals surface area contributed by atoms with Gasteiger partial charge in [-0.3, -0.25) is 14.5 Å². The second-order valence-corrected chi connectivity index (χ2v) is 14.5. The van der Waals surface area contributed by atoms with Crippen molar-refractivity contribution in [3.63, 3.8) is 0 Å². The number of para-hydroxylation sites is 2. The first-order valence-corrected chi connectivity index (χ1v) is 19.1. The Hall–Kier alpha value is -7.83. The van der Waals surface area contributed by atoms with Crippen molar-refractivity contribution >= 4 is 65.6 Å². The molecule has 6 aromatic heterocycles. The van der Waals surface area contributed by atoms with Gasteiger partial charge in [0.05, 0.1) is 27.8 Å². The molecule has 0 saturated heterocycles. The summed E-state index contributed by atoms with van der Waals surface area (Å²) in [5.41, 5.74) is 13.8. The number of hydrogen-bond acceptors (Lipinski definition) is 4. The molecule has 6 aromatic carbocycles. The fourth-order valence-electron chi connectivity index (χ4n) is 8.69. The van der Waals surface area contributed by atoms with Gasteiger partial charge in [0.15, 0.2) is 0 Å². The second-order valence-electron chi connectivity index (χ2n) is 14.5. The van der Waals surface area contributed by atoms with Crippen molar-refractivity contribution in [2.24, 2.45) is 0 Å². The van der Waals surface area contributed by atoms with E-state index in [1.165, 1.54) is 21.8 Å². The zero-order valence-corrected chi connectivity index (χ0v) is 30.5. The van der Waals surface area contributed by atoms with E-state index in [4.69, 9.17) is 9.40 Å². The van der Waals surface area contributed by atoms with E-state index in [9.17, 15) is 0 Å². The van der Waals surface area contributed by atoms with Gasteiger partial charge in [-0.2, -0.15) is 0 Å². The minimum absolute atomic E-state index is 0.849. The topological polar surface area (TPSA) is 61.7 Å². The lowest BCUT2D eigenvalue weighted by molar-refractivity contribution is 0.669. The number of nitrogens with zero attached hydrogens (tertiary/aromatic N) is 5. The summed E-state index contributed by atoms with van der Waals surface area (Å²) in [7, 11) is 0. The van der Waals surface area contributed by atoms with Crippen LogP contribution in [0, 0.1) is 0 Å². The lowest BCUT2D eigenvalue weighted by Gasteiger charge is -2.10. The van der Waals surface area contributed by atoms with E-state index < -0.39 is 0 Å². The lowest BCUT2D eigenvalue weighted by atomic mass is 10.0. The first-order chi connectivity index (χ1) is 28.2. The van der Waals surface area contributed by atoms with E-state index in [0.717, 1.165) is 88.8 Å². The van der Waals surface area contributed by atoms with Gasteiger partial charge in [0.2, 0.25) is 0 Å². The van der Waals surface area contributed by atoms with E-state index in [1.807, 2.05) is 24.8 Å². The van der Waals surface area contributed by atoms with E-state index in [1.54, 1.807) is 0 Å². The number of aromatic nitrogens is 5. The molecular weight excluding hydrogens is 699 g/mol. The average Bonchev–Trinajstić information content (AvgIpc) is 3.93. The highest BCUT2D eigenvalue weighted by molar-refractivity contribution is 6.12. The van der Waals surface area contributed by atoms with Crippen molar-refractivity contribution in [1.29, 1.82) is 0 Å². The second kappa shape index (κ2) is 12.3. The van der Waals surface area contributed by atoms with Gasteiger partial charge in [-0.1, -0.05) is 54.6 Å². The molecule has 0 bridgehead atoms. The van der Waals surface area contributed by atoms with Gasteiger partial charge in [0.1, 0.15) is 17.0 Å². The Balaban J connectivity index is 1.01. The third-order valence-electron chi connectivity index (χ3n) is 11.3. The van der Waals surface area contributed by atoms with Crippen molar-refractivity contribution < 1.29 is 4.42 Å². The first-order valence-electron chi connectivity index (χ1n) is 19.1. The predicted octanol–water partition coefficient (Wildman–Crippen LogP) is 13.0. The third-order valence-corrected chi connectivity index (χ3v) is 11.3. The molecule has 12 aromatic rings. The van der Waals surface area contributed by atoms with Crippen molar-refractivity contribution in [2.75, 3.05) is 0 Å². The lowest BCUT2D eigenvalue weighted by Crippen LogP contribution is -1.98. The summed E-state index contributed by atoms with van der Waals surface area (Å²) in [6, 6.07) is 58.0. The fourth-order valence-corrected chi connectivity index (χ4v) is 8.69. The van der Waals surface area contributed by atoms with Crippen LogP contribution in [0.3, 0.4) is 0 Å². The molecule has 266 valence electrons. The van der Waals surface area contributed by atoms with Crippen LogP contribution in [0.15, 0.2) is 193 Å². The van der Waals surface area contributed by atoms with Gasteiger partial charge < -0.3 is 8.98 Å². The molecule has 0 aliphatic carbocycles. The minimum atomic E-state index is 0.849. The molecule has 0 spiro atoms. The molecule has 12 rings (SSSR count). The zero-order valence-electron chi connectivity index (χ0n) is 30.5. The number of hydrogen-bond donors (Lipinski definition) is 0. The molecule has 57 heavy (non-hydrogen) atoms. The highest BCUT2D eigenvalue weighted by Crippen LogP contribution is 2.39. The van der Waals surface area contributed by atoms with Gasteiger partial charge in [-0.25, -0.2) is 4.98 Å². The normalized spacial score (nSPS) is 11.9. The molecule has 0 saturated carbocycles. The SMILES string of the molecule is c1cc(-c2ccc3oc4ccc(-n5c6ccccc6c6ccccc65)cc4c3c2)nc(-n2c3ccc(-c4ccncc4)cc3c3cc(-c4ccncc4)ccc32)c1. The summed E-state index contributed by atoms with van der Waals surface area (Å²) in [4.78, 5) is 13.8. The molecule has 0 atom stereocenters. The molecule has 6 heteroatoms. The Kier molecular flexibility index (Phi) is 6.83. The predicted molar refractivity (Wildman–Crippen MR) is 232 cm³/mol. The fraction of sp³-hybridized carbons (Fsp3) is 0. The Labute approximate surface area is 326 Å². The number of pyridine rings is 3. The van der Waals surface area contributed by atoms with E-state index in [0.29, 0.717) is 0 Å². The summed E-state index contributed by atoms with van der Waals surface area (Å²) in [5.74, 6) is 0.853. The van der Waals surface area contributed by atoms with Gasteiger partial charge in [0, 0.05) is 68.4 Å². The number of rotatable bonds is 5. The highest BCUT2D eigenvalue weighted by Gasteiger charge is 2.18. The van der Waals surface area contributed by atoms with E-state index >= 15 is 0 Å². The molecule has 6 nitrogen and oxygen atoms in total. The summed E-state index contributed by atoms with van der Waals surface area (Å²) in [6.45, 7) is 0. The molecule has 0 fully saturated rings. The molecule has 0 radical (unpaired) electrons. The van der Waals surface area contributed by atoms with Gasteiger partial charge in [0.25, 0.3) is 0 Å². The summed E-state index contributed by atoms with van der Waals surface area (Å²) >= 11 is 0. The Morgan fingerprint density at radius 2 is 0.877 bits per heavy atom. The minimum Gasteiger partial charge on any atom is -0.456 e. The number of benzene rings is 6. The maximum Gasteiger partial charge on any atom is 0.138 e. The van der Waals surface area contributed by atoms with Crippen molar-refractivity contribution in [3.05, 3.63) is 189 Å². The molecule has 6 heterocycles. The van der Waals surface area contributed by atoms with Crippen LogP contribution in [0.5, 0.6) is 0 Å². The summed E-state index contributed by atoms with van der Waals surface area (Å²) < 4.78 is 11.0. The van der Waals surface area contributed by atoms with E-state index in [-0.39, 0.29) is 0 Å². The first kappa shape index (κ1) is 31.5. The Morgan fingerprint density at radius 1 is 0.351 bits per heavy atom. The van der Waals surface area contributed by atoms with Gasteiger partial charge in [-0.15, -0.1) is 0 Å². The summed E-state index contributed by atoms with van der Waals surface area (Å²) in [5, 5.41) is 6.93. The van der Waals surface area contributed by atoms with Crippen LogP contribution in [0.4, 0.5) is 0 Å². The van der Waals surface area contributed by atoms with Crippen molar-refractivity contribution in [1.82, 2.24) is 24.1 Å². The number of furan rings is 1. The van der Waals surface area contributed by atoms with Crippen LogP contribution >= 0.6 is 0 Å². The molecule has 0 aliphatic heterocycles.